The van der Waals surface area contributed by atoms with E-state index in [1.54, 1.807) is 24.3 Å². The number of rotatable bonds is 11. The molecule has 0 aliphatic heterocycles. The summed E-state index contributed by atoms with van der Waals surface area (Å²) in [5.74, 6) is -0.261. The first kappa shape index (κ1) is 29.3. The topological polar surface area (TPSA) is 137 Å². The van der Waals surface area contributed by atoms with Gasteiger partial charge in [0.15, 0.2) is 0 Å². The number of primary amides is 1. The zero-order valence-corrected chi connectivity index (χ0v) is 22.7. The van der Waals surface area contributed by atoms with Crippen molar-refractivity contribution in [2.45, 2.75) is 44.9 Å². The van der Waals surface area contributed by atoms with Crippen molar-refractivity contribution in [3.8, 4) is 5.75 Å². The maximum atomic E-state index is 12.5. The van der Waals surface area contributed by atoms with E-state index in [1.807, 2.05) is 38.1 Å². The monoisotopic (exact) mass is 558 g/mol. The van der Waals surface area contributed by atoms with Gasteiger partial charge in [0.25, 0.3) is 0 Å². The van der Waals surface area contributed by atoms with Crippen LogP contribution in [0.2, 0.25) is 10.0 Å². The number of halogens is 2. The number of phenolic OH excluding ortho intramolecular Hbond substituents is 1. The van der Waals surface area contributed by atoms with Gasteiger partial charge in [-0.05, 0) is 66.8 Å². The second kappa shape index (κ2) is 13.0. The van der Waals surface area contributed by atoms with Crippen molar-refractivity contribution in [3.05, 3.63) is 93.0 Å². The van der Waals surface area contributed by atoms with Crippen molar-refractivity contribution in [2.75, 3.05) is 11.9 Å². The van der Waals surface area contributed by atoms with Crippen LogP contribution in [-0.2, 0) is 24.2 Å². The van der Waals surface area contributed by atoms with Crippen molar-refractivity contribution in [3.63, 3.8) is 0 Å². The first-order valence-electron chi connectivity index (χ1n) is 12.0. The summed E-state index contributed by atoms with van der Waals surface area (Å²) < 4.78 is 0. The van der Waals surface area contributed by atoms with E-state index >= 15 is 0 Å². The van der Waals surface area contributed by atoms with Gasteiger partial charge in [-0.25, -0.2) is 4.79 Å². The molecule has 202 valence electrons. The van der Waals surface area contributed by atoms with Crippen LogP contribution in [0, 0.1) is 0 Å². The van der Waals surface area contributed by atoms with Crippen molar-refractivity contribution in [1.29, 1.82) is 0 Å². The third-order valence-electron chi connectivity index (χ3n) is 5.93. The molecule has 0 aliphatic carbocycles. The van der Waals surface area contributed by atoms with Gasteiger partial charge in [0, 0.05) is 28.7 Å². The maximum absolute atomic E-state index is 12.5. The van der Waals surface area contributed by atoms with Gasteiger partial charge in [-0.15, -0.1) is 0 Å². The van der Waals surface area contributed by atoms with Gasteiger partial charge in [0.05, 0.1) is 18.2 Å². The van der Waals surface area contributed by atoms with Gasteiger partial charge in [0.2, 0.25) is 5.91 Å². The molecule has 0 fully saturated rings. The Hall–Kier alpha value is -3.30. The summed E-state index contributed by atoms with van der Waals surface area (Å²) in [7, 11) is 0. The van der Waals surface area contributed by atoms with E-state index in [4.69, 9.17) is 28.9 Å². The fourth-order valence-corrected chi connectivity index (χ4v) is 4.49. The summed E-state index contributed by atoms with van der Waals surface area (Å²) in [6, 6.07) is 16.6. The summed E-state index contributed by atoms with van der Waals surface area (Å²) >= 11 is 12.1. The summed E-state index contributed by atoms with van der Waals surface area (Å²) in [6.07, 6.45) is 0.000736. The molecule has 7 N–H and O–H groups in total. The van der Waals surface area contributed by atoms with Crippen LogP contribution in [-0.4, -0.2) is 34.2 Å². The molecule has 3 aromatic carbocycles. The van der Waals surface area contributed by atoms with Crippen molar-refractivity contribution in [2.24, 2.45) is 5.73 Å². The normalized spacial score (nSPS) is 12.1. The van der Waals surface area contributed by atoms with Gasteiger partial charge < -0.3 is 31.9 Å². The Labute approximate surface area is 232 Å². The lowest BCUT2D eigenvalue weighted by molar-refractivity contribution is -0.120. The van der Waals surface area contributed by atoms with Gasteiger partial charge in [-0.3, -0.25) is 4.79 Å². The number of aromatic hydroxyl groups is 1. The molecule has 38 heavy (non-hydrogen) atoms. The molecule has 0 saturated heterocycles. The van der Waals surface area contributed by atoms with Crippen LogP contribution >= 0.6 is 23.2 Å². The van der Waals surface area contributed by atoms with Crippen molar-refractivity contribution < 1.29 is 19.8 Å². The highest BCUT2D eigenvalue weighted by Gasteiger charge is 2.21. The highest BCUT2D eigenvalue weighted by atomic mass is 35.5. The minimum Gasteiger partial charge on any atom is -0.506 e. The van der Waals surface area contributed by atoms with Gasteiger partial charge in [-0.2, -0.15) is 0 Å². The molecule has 1 atom stereocenters. The number of aliphatic hydroxyl groups excluding tert-OH is 1. The molecular weight excluding hydrogens is 527 g/mol. The summed E-state index contributed by atoms with van der Waals surface area (Å²) in [4.78, 5) is 23.6. The fourth-order valence-electron chi connectivity index (χ4n) is 4.01. The number of β-amino-alcohol motifs (C(OH)–C–C–N with tert-alkyl or cyclic N) is 1. The van der Waals surface area contributed by atoms with Crippen LogP contribution in [0.4, 0.5) is 10.5 Å². The van der Waals surface area contributed by atoms with Crippen LogP contribution < -0.4 is 21.7 Å². The molecule has 3 aromatic rings. The Morgan fingerprint density at radius 1 is 1.03 bits per heavy atom. The van der Waals surface area contributed by atoms with E-state index in [-0.39, 0.29) is 35.8 Å². The molecule has 0 heterocycles. The SMILES string of the molecule is CC(C)(Cc1cccc(CC(=O)NCc2ccc(Cl)cc2Cl)c1)NCC(O)c1ccc(O)c(NC(N)=O)c1. The molecule has 0 aliphatic rings. The number of aliphatic hydroxyl groups is 1. The number of carbonyl (C=O) groups is 2. The van der Waals surface area contributed by atoms with E-state index in [0.29, 0.717) is 28.6 Å². The number of benzene rings is 3. The number of phenols is 1. The predicted molar refractivity (Wildman–Crippen MR) is 151 cm³/mol. The van der Waals surface area contributed by atoms with Gasteiger partial charge in [-0.1, -0.05) is 59.6 Å². The molecule has 0 radical (unpaired) electrons. The number of carbonyl (C=O) groups excluding carboxylic acids is 2. The van der Waals surface area contributed by atoms with E-state index < -0.39 is 12.1 Å². The second-order valence-corrected chi connectivity index (χ2v) is 10.6. The number of nitrogens with one attached hydrogen (secondary N) is 3. The lowest BCUT2D eigenvalue weighted by Gasteiger charge is -2.28. The minimum absolute atomic E-state index is 0.118. The number of nitrogens with two attached hydrogens (primary N) is 1. The molecule has 0 bridgehead atoms. The average Bonchev–Trinajstić information content (AvgIpc) is 2.83. The molecule has 1 unspecified atom stereocenters. The molecule has 0 aromatic heterocycles. The van der Waals surface area contributed by atoms with Crippen LogP contribution in [0.25, 0.3) is 0 Å². The average molecular weight is 559 g/mol. The summed E-state index contributed by atoms with van der Waals surface area (Å²) in [5.41, 5.74) is 8.12. The van der Waals surface area contributed by atoms with Crippen LogP contribution in [0.3, 0.4) is 0 Å². The first-order valence-corrected chi connectivity index (χ1v) is 12.8. The lowest BCUT2D eigenvalue weighted by Crippen LogP contribution is -2.43. The Morgan fingerprint density at radius 2 is 1.76 bits per heavy atom. The quantitative estimate of drug-likeness (QED) is 0.189. The van der Waals surface area contributed by atoms with Crippen molar-refractivity contribution >= 4 is 40.8 Å². The second-order valence-electron chi connectivity index (χ2n) is 9.73. The number of hydrogen-bond acceptors (Lipinski definition) is 5. The highest BCUT2D eigenvalue weighted by Crippen LogP contribution is 2.27. The Morgan fingerprint density at radius 3 is 2.47 bits per heavy atom. The summed E-state index contributed by atoms with van der Waals surface area (Å²) in [6.45, 7) is 4.59. The lowest BCUT2D eigenvalue weighted by atomic mass is 9.93. The maximum Gasteiger partial charge on any atom is 0.316 e. The van der Waals surface area contributed by atoms with E-state index in [0.717, 1.165) is 16.7 Å². The standard InChI is InChI=1S/C28H32Cl2N4O4/c1-28(2,33-16-25(36)19-7-9-24(35)23(12-19)34-27(31)38)14-18-5-3-4-17(10-18)11-26(37)32-15-20-6-8-21(29)13-22(20)30/h3-10,12-13,25,33,35-36H,11,14-16H2,1-2H3,(H,32,37)(H3,31,34,38). The van der Waals surface area contributed by atoms with E-state index in [2.05, 4.69) is 16.0 Å². The van der Waals surface area contributed by atoms with Crippen LogP contribution in [0.1, 0.15) is 42.2 Å². The molecule has 0 saturated carbocycles. The number of amides is 3. The van der Waals surface area contributed by atoms with Crippen LogP contribution in [0.5, 0.6) is 5.75 Å². The molecule has 8 nitrogen and oxygen atoms in total. The Balaban J connectivity index is 1.54. The smallest absolute Gasteiger partial charge is 0.316 e. The Bertz CT molecular complexity index is 1300. The molecule has 3 amide bonds. The van der Waals surface area contributed by atoms with E-state index in [9.17, 15) is 19.8 Å². The van der Waals surface area contributed by atoms with Crippen molar-refractivity contribution in [1.82, 2.24) is 10.6 Å². The number of urea groups is 1. The largest absolute Gasteiger partial charge is 0.506 e. The molecular formula is C28H32Cl2N4O4. The van der Waals surface area contributed by atoms with Gasteiger partial charge >= 0.3 is 6.03 Å². The Kier molecular flexibility index (Phi) is 9.99. The summed E-state index contributed by atoms with van der Waals surface area (Å²) in [5, 5.41) is 30.2. The third-order valence-corrected chi connectivity index (χ3v) is 6.52. The predicted octanol–water partition coefficient (Wildman–Crippen LogP) is 4.69. The number of hydrogen-bond donors (Lipinski definition) is 6. The number of anilines is 1. The fraction of sp³-hybridized carbons (Fsp3) is 0.286. The van der Waals surface area contributed by atoms with Crippen LogP contribution in [0.15, 0.2) is 60.7 Å². The first-order chi connectivity index (χ1) is 17.9. The molecule has 3 rings (SSSR count). The van der Waals surface area contributed by atoms with Gasteiger partial charge in [0.1, 0.15) is 5.75 Å². The molecule has 10 heteroatoms. The zero-order valence-electron chi connectivity index (χ0n) is 21.2. The zero-order chi connectivity index (χ0) is 27.9. The third kappa shape index (κ3) is 8.92. The minimum atomic E-state index is -0.882. The van der Waals surface area contributed by atoms with E-state index in [1.165, 1.54) is 12.1 Å². The molecule has 0 spiro atoms. The highest BCUT2D eigenvalue weighted by molar-refractivity contribution is 6.35.